The summed E-state index contributed by atoms with van der Waals surface area (Å²) in [4.78, 5) is 20.8. The maximum atomic E-state index is 13.2. The van der Waals surface area contributed by atoms with Gasteiger partial charge in [-0.3, -0.25) is 4.79 Å². The molecule has 4 nitrogen and oxygen atoms in total. The van der Waals surface area contributed by atoms with Gasteiger partial charge in [0.15, 0.2) is 0 Å². The van der Waals surface area contributed by atoms with E-state index >= 15 is 0 Å². The van der Waals surface area contributed by atoms with E-state index in [-0.39, 0.29) is 17.1 Å². The average molecular weight is 340 g/mol. The van der Waals surface area contributed by atoms with Crippen molar-refractivity contribution in [1.29, 1.82) is 0 Å². The van der Waals surface area contributed by atoms with Gasteiger partial charge in [0.25, 0.3) is 0 Å². The standard InChI is InChI=1S/C22H16N2O2/c25-20(15-9-3-1-4-10-15)19(21(26)16-11-5-2-6-12-16)22-23-17-13-7-8-14-18(17)24-22/h1-14,25H,(H,23,24). The summed E-state index contributed by atoms with van der Waals surface area (Å²) in [5, 5.41) is 10.9. The highest BCUT2D eigenvalue weighted by Crippen LogP contribution is 2.27. The van der Waals surface area contributed by atoms with Crippen molar-refractivity contribution in [1.82, 2.24) is 9.97 Å². The first-order valence-corrected chi connectivity index (χ1v) is 8.27. The Morgan fingerprint density at radius 3 is 2.00 bits per heavy atom. The van der Waals surface area contributed by atoms with Crippen molar-refractivity contribution >= 4 is 28.1 Å². The van der Waals surface area contributed by atoms with E-state index in [0.717, 1.165) is 11.0 Å². The Balaban J connectivity index is 1.93. The van der Waals surface area contributed by atoms with E-state index < -0.39 is 0 Å². The Hall–Kier alpha value is -3.66. The molecule has 4 heteroatoms. The number of benzene rings is 3. The molecule has 26 heavy (non-hydrogen) atoms. The molecule has 0 saturated carbocycles. The highest BCUT2D eigenvalue weighted by molar-refractivity contribution is 6.33. The van der Waals surface area contributed by atoms with Gasteiger partial charge < -0.3 is 10.1 Å². The zero-order valence-electron chi connectivity index (χ0n) is 13.9. The van der Waals surface area contributed by atoms with Gasteiger partial charge >= 0.3 is 0 Å². The van der Waals surface area contributed by atoms with Crippen molar-refractivity contribution in [2.24, 2.45) is 0 Å². The Labute approximate surface area is 150 Å². The Kier molecular flexibility index (Phi) is 4.07. The minimum Gasteiger partial charge on any atom is -0.506 e. The summed E-state index contributed by atoms with van der Waals surface area (Å²) in [6.07, 6.45) is 0. The molecular formula is C22H16N2O2. The van der Waals surface area contributed by atoms with E-state index in [1.165, 1.54) is 0 Å². The third kappa shape index (κ3) is 2.89. The van der Waals surface area contributed by atoms with Crippen LogP contribution >= 0.6 is 0 Å². The quantitative estimate of drug-likeness (QED) is 0.316. The molecular weight excluding hydrogens is 324 g/mol. The summed E-state index contributed by atoms with van der Waals surface area (Å²) < 4.78 is 0. The molecule has 0 unspecified atom stereocenters. The van der Waals surface area contributed by atoms with Crippen LogP contribution in [0.4, 0.5) is 0 Å². The number of para-hydroxylation sites is 2. The Bertz CT molecular complexity index is 1060. The molecule has 2 N–H and O–H groups in total. The molecule has 0 aliphatic carbocycles. The molecule has 0 aliphatic heterocycles. The van der Waals surface area contributed by atoms with Crippen molar-refractivity contribution in [3.05, 3.63) is 102 Å². The van der Waals surface area contributed by atoms with E-state index in [4.69, 9.17) is 0 Å². The number of H-pyrrole nitrogens is 1. The van der Waals surface area contributed by atoms with Crippen LogP contribution in [0.25, 0.3) is 22.4 Å². The largest absolute Gasteiger partial charge is 0.506 e. The smallest absolute Gasteiger partial charge is 0.200 e. The maximum absolute atomic E-state index is 13.2. The molecule has 0 atom stereocenters. The topological polar surface area (TPSA) is 66.0 Å². The first-order chi connectivity index (χ1) is 12.7. The number of imidazole rings is 1. The molecule has 4 rings (SSSR count). The zero-order chi connectivity index (χ0) is 17.9. The Morgan fingerprint density at radius 2 is 1.35 bits per heavy atom. The van der Waals surface area contributed by atoms with Gasteiger partial charge in [0, 0.05) is 11.1 Å². The van der Waals surface area contributed by atoms with Gasteiger partial charge in [0.1, 0.15) is 17.2 Å². The molecule has 3 aromatic carbocycles. The minimum atomic E-state index is -0.286. The first kappa shape index (κ1) is 15.8. The number of aliphatic hydroxyl groups excluding tert-OH is 1. The molecule has 4 aromatic rings. The molecule has 0 radical (unpaired) electrons. The minimum absolute atomic E-state index is 0.0986. The molecule has 1 heterocycles. The number of carbonyl (C=O) groups excluding carboxylic acids is 1. The van der Waals surface area contributed by atoms with Gasteiger partial charge in [0.2, 0.25) is 5.78 Å². The van der Waals surface area contributed by atoms with Crippen molar-refractivity contribution in [2.75, 3.05) is 0 Å². The van der Waals surface area contributed by atoms with Crippen LogP contribution in [0.5, 0.6) is 0 Å². The molecule has 0 saturated heterocycles. The fraction of sp³-hybridized carbons (Fsp3) is 0. The third-order valence-corrected chi connectivity index (χ3v) is 4.17. The summed E-state index contributed by atoms with van der Waals surface area (Å²) in [6, 6.07) is 25.4. The number of hydrogen-bond donors (Lipinski definition) is 2. The van der Waals surface area contributed by atoms with Crippen molar-refractivity contribution in [3.63, 3.8) is 0 Å². The van der Waals surface area contributed by atoms with E-state index in [2.05, 4.69) is 9.97 Å². The number of aromatic amines is 1. The summed E-state index contributed by atoms with van der Waals surface area (Å²) in [7, 11) is 0. The molecule has 0 aliphatic rings. The van der Waals surface area contributed by atoms with Crippen LogP contribution in [-0.2, 0) is 0 Å². The highest BCUT2D eigenvalue weighted by Gasteiger charge is 2.23. The zero-order valence-corrected chi connectivity index (χ0v) is 13.9. The number of allylic oxidation sites excluding steroid dienone is 1. The lowest BCUT2D eigenvalue weighted by atomic mass is 9.99. The predicted octanol–water partition coefficient (Wildman–Crippen LogP) is 4.87. The van der Waals surface area contributed by atoms with Gasteiger partial charge in [-0.05, 0) is 12.1 Å². The van der Waals surface area contributed by atoms with Gasteiger partial charge in [-0.1, -0.05) is 72.8 Å². The van der Waals surface area contributed by atoms with Crippen LogP contribution in [-0.4, -0.2) is 20.9 Å². The number of Topliss-reactive ketones (excluding diaryl/α,β-unsaturated/α-hetero) is 1. The second kappa shape index (κ2) is 6.69. The van der Waals surface area contributed by atoms with Crippen molar-refractivity contribution in [3.8, 4) is 0 Å². The lowest BCUT2D eigenvalue weighted by molar-refractivity contribution is 0.105. The van der Waals surface area contributed by atoms with Crippen LogP contribution in [0, 0.1) is 0 Å². The maximum Gasteiger partial charge on any atom is 0.200 e. The number of nitrogens with one attached hydrogen (secondary N) is 1. The summed E-state index contributed by atoms with van der Waals surface area (Å²) in [5.41, 5.74) is 2.75. The third-order valence-electron chi connectivity index (χ3n) is 4.17. The van der Waals surface area contributed by atoms with Crippen molar-refractivity contribution < 1.29 is 9.90 Å². The molecule has 0 fully saturated rings. The fourth-order valence-corrected chi connectivity index (χ4v) is 2.87. The van der Waals surface area contributed by atoms with E-state index in [1.54, 1.807) is 36.4 Å². The van der Waals surface area contributed by atoms with Crippen LogP contribution in [0.2, 0.25) is 0 Å². The highest BCUT2D eigenvalue weighted by atomic mass is 16.3. The monoisotopic (exact) mass is 340 g/mol. The van der Waals surface area contributed by atoms with Gasteiger partial charge in [-0.2, -0.15) is 0 Å². The number of carbonyl (C=O) groups is 1. The molecule has 0 spiro atoms. The Morgan fingerprint density at radius 1 is 0.769 bits per heavy atom. The van der Waals surface area contributed by atoms with Gasteiger partial charge in [-0.25, -0.2) is 4.98 Å². The SMILES string of the molecule is O=C(C(=C(O)c1ccccc1)c1nc2ccccc2[nH]1)c1ccccc1. The van der Waals surface area contributed by atoms with Crippen LogP contribution in [0.15, 0.2) is 84.9 Å². The number of fused-ring (bicyclic) bond motifs is 1. The fourth-order valence-electron chi connectivity index (χ4n) is 2.87. The number of rotatable bonds is 4. The van der Waals surface area contributed by atoms with E-state index in [1.807, 2.05) is 48.5 Å². The predicted molar refractivity (Wildman–Crippen MR) is 103 cm³/mol. The van der Waals surface area contributed by atoms with Crippen LogP contribution in [0.3, 0.4) is 0 Å². The van der Waals surface area contributed by atoms with Crippen molar-refractivity contribution in [2.45, 2.75) is 0 Å². The average Bonchev–Trinajstić information content (AvgIpc) is 3.13. The van der Waals surface area contributed by atoms with Gasteiger partial charge in [0.05, 0.1) is 11.0 Å². The molecule has 1 aromatic heterocycles. The van der Waals surface area contributed by atoms with E-state index in [0.29, 0.717) is 17.0 Å². The number of aliphatic hydroxyl groups is 1. The second-order valence-corrected chi connectivity index (χ2v) is 5.89. The van der Waals surface area contributed by atoms with E-state index in [9.17, 15) is 9.90 Å². The second-order valence-electron chi connectivity index (χ2n) is 5.89. The van der Waals surface area contributed by atoms with Crippen LogP contribution in [0.1, 0.15) is 21.7 Å². The normalized spacial score (nSPS) is 12.0. The summed E-state index contributed by atoms with van der Waals surface area (Å²) >= 11 is 0. The molecule has 0 amide bonds. The number of nitrogens with zero attached hydrogens (tertiary/aromatic N) is 1. The number of aromatic nitrogens is 2. The lowest BCUT2D eigenvalue weighted by Crippen LogP contribution is -2.07. The first-order valence-electron chi connectivity index (χ1n) is 8.27. The summed E-state index contributed by atoms with van der Waals surface area (Å²) in [6.45, 7) is 0. The number of ketones is 1. The summed E-state index contributed by atoms with van der Waals surface area (Å²) in [5.74, 6) is -0.0362. The van der Waals surface area contributed by atoms with Gasteiger partial charge in [-0.15, -0.1) is 0 Å². The molecule has 126 valence electrons. The lowest BCUT2D eigenvalue weighted by Gasteiger charge is -2.09. The molecule has 0 bridgehead atoms. The number of hydrogen-bond acceptors (Lipinski definition) is 3. The van der Waals surface area contributed by atoms with Crippen LogP contribution < -0.4 is 0 Å².